The Labute approximate surface area is 353 Å². The first-order valence-corrected chi connectivity index (χ1v) is 21.3. The molecule has 0 aliphatic carbocycles. The zero-order valence-corrected chi connectivity index (χ0v) is 34.2. The van der Waals surface area contributed by atoms with Crippen LogP contribution in [0.25, 0.3) is 0 Å². The van der Waals surface area contributed by atoms with Gasteiger partial charge in [0.1, 0.15) is 36.0 Å². The Morgan fingerprint density at radius 1 is 0.667 bits per heavy atom. The predicted octanol–water partition coefficient (Wildman–Crippen LogP) is 6.54. The minimum absolute atomic E-state index is 0.00897. The van der Waals surface area contributed by atoms with Crippen molar-refractivity contribution in [3.05, 3.63) is 144 Å². The fraction of sp³-hybridized carbons (Fsp3) is 0.413. The van der Waals surface area contributed by atoms with E-state index in [1.807, 2.05) is 44.2 Å². The number of carbonyl (C=O) groups excluding carboxylic acids is 3. The molecule has 318 valence electrons. The van der Waals surface area contributed by atoms with Crippen LogP contribution in [0.3, 0.4) is 0 Å². The summed E-state index contributed by atoms with van der Waals surface area (Å²) in [5, 5.41) is 12.1. The molecule has 7 rings (SSSR count). The van der Waals surface area contributed by atoms with E-state index in [1.165, 1.54) is 11.8 Å². The molecule has 4 aromatic rings. The molecule has 3 aliphatic rings. The Morgan fingerprint density at radius 2 is 1.20 bits per heavy atom. The summed E-state index contributed by atoms with van der Waals surface area (Å²) in [6, 6.07) is 34.4. The van der Waals surface area contributed by atoms with Gasteiger partial charge >= 0.3 is 17.9 Å². The van der Waals surface area contributed by atoms with Gasteiger partial charge in [-0.25, -0.2) is 14.4 Å². The molecule has 13 nitrogen and oxygen atoms in total. The summed E-state index contributed by atoms with van der Waals surface area (Å²) in [5.41, 5.74) is 0.642. The molecule has 14 heteroatoms. The number of benzene rings is 4. The first-order chi connectivity index (χ1) is 29.3. The lowest BCUT2D eigenvalue weighted by Gasteiger charge is -2.50. The van der Waals surface area contributed by atoms with E-state index < -0.39 is 84.8 Å². The molecular formula is C46H50O13S. The molecule has 5 unspecified atom stereocenters. The van der Waals surface area contributed by atoms with Gasteiger partial charge in [-0.2, -0.15) is 0 Å². The van der Waals surface area contributed by atoms with Gasteiger partial charge in [-0.05, 0) is 48.6 Å². The molecule has 1 N–H and O–H groups in total. The molecule has 0 saturated carbocycles. The van der Waals surface area contributed by atoms with Crippen LogP contribution in [0.2, 0.25) is 0 Å². The van der Waals surface area contributed by atoms with Crippen molar-refractivity contribution >= 4 is 29.7 Å². The topological polar surface area (TPSA) is 155 Å². The second kappa shape index (κ2) is 21.2. The third-order valence-electron chi connectivity index (χ3n) is 10.3. The van der Waals surface area contributed by atoms with E-state index in [0.29, 0.717) is 12.4 Å². The van der Waals surface area contributed by atoms with E-state index in [9.17, 15) is 19.5 Å². The Balaban J connectivity index is 1.26. The molecular weight excluding hydrogens is 793 g/mol. The first-order valence-electron chi connectivity index (χ1n) is 20.3. The standard InChI is InChI=1S/C46H50O13S/c1-3-5-26-51-27-33-37(39(56-42(49)30-20-12-7-13-21-30)40(46(54-33)60-4-2)57-43(50)31-22-14-8-15-23-31)59-45-38(55-41(48)29-18-10-6-11-19-29)35(47)36-34(53-45)28-52-44(58-36)32-24-16-9-17-25-32/h6-25,33-40,44-47H,3-5,26-28H2,1-2H3/t33?,34?,35?,36-,37-,38+,39?,40+,44?,45+,46+/m1/s1. The van der Waals surface area contributed by atoms with E-state index in [2.05, 4.69) is 0 Å². The Morgan fingerprint density at radius 3 is 1.75 bits per heavy atom. The summed E-state index contributed by atoms with van der Waals surface area (Å²) in [6.45, 7) is 4.36. The summed E-state index contributed by atoms with van der Waals surface area (Å²) >= 11 is 1.36. The van der Waals surface area contributed by atoms with E-state index in [1.54, 1.807) is 91.0 Å². The third kappa shape index (κ3) is 10.6. The van der Waals surface area contributed by atoms with Gasteiger partial charge in [0, 0.05) is 12.2 Å². The Hall–Kier alpha value is -4.64. The fourth-order valence-corrected chi connectivity index (χ4v) is 8.16. The number of hydrogen-bond acceptors (Lipinski definition) is 14. The van der Waals surface area contributed by atoms with Crippen LogP contribution in [-0.4, -0.2) is 109 Å². The summed E-state index contributed by atoms with van der Waals surface area (Å²) in [5.74, 6) is -1.57. The molecule has 3 aliphatic heterocycles. The lowest BCUT2D eigenvalue weighted by Crippen LogP contribution is -2.67. The molecule has 0 bridgehead atoms. The minimum atomic E-state index is -1.50. The molecule has 0 aromatic heterocycles. The van der Waals surface area contributed by atoms with Crippen molar-refractivity contribution in [1.82, 2.24) is 0 Å². The van der Waals surface area contributed by atoms with Crippen molar-refractivity contribution < 1.29 is 62.1 Å². The first kappa shape index (κ1) is 43.4. The highest BCUT2D eigenvalue weighted by Crippen LogP contribution is 2.40. The highest BCUT2D eigenvalue weighted by molar-refractivity contribution is 7.99. The number of ether oxygens (including phenoxy) is 9. The molecule has 3 fully saturated rings. The second-order valence-corrected chi connectivity index (χ2v) is 15.8. The highest BCUT2D eigenvalue weighted by atomic mass is 32.2. The number of carbonyl (C=O) groups is 3. The summed E-state index contributed by atoms with van der Waals surface area (Å²) in [6.07, 6.45) is -10.3. The van der Waals surface area contributed by atoms with Crippen molar-refractivity contribution in [2.45, 2.75) is 93.5 Å². The minimum Gasteiger partial charge on any atom is -0.452 e. The Bertz CT molecular complexity index is 1960. The number of rotatable bonds is 16. The zero-order valence-electron chi connectivity index (χ0n) is 33.4. The average Bonchev–Trinajstić information content (AvgIpc) is 3.29. The van der Waals surface area contributed by atoms with Crippen molar-refractivity contribution in [3.63, 3.8) is 0 Å². The van der Waals surface area contributed by atoms with E-state index in [4.69, 9.17) is 42.6 Å². The highest BCUT2D eigenvalue weighted by Gasteiger charge is 2.57. The van der Waals surface area contributed by atoms with Gasteiger partial charge in [0.2, 0.25) is 0 Å². The fourth-order valence-electron chi connectivity index (χ4n) is 7.21. The number of esters is 3. The molecule has 60 heavy (non-hydrogen) atoms. The average molecular weight is 843 g/mol. The SMILES string of the molecule is CCCCOCC1O[C@@H](SCC)[C@@H](OC(=O)c2ccccc2)C(OC(=O)c2ccccc2)[C@@H]1O[C@@H]1OC2COC(c3ccccc3)O[C@H]2C(O)[C@@H]1OC(=O)c1ccccc1. The number of thioether (sulfide) groups is 1. The molecule has 3 saturated heterocycles. The van der Waals surface area contributed by atoms with Crippen molar-refractivity contribution in [3.8, 4) is 0 Å². The number of unbranched alkanes of at least 4 members (excludes halogenated alkanes) is 1. The van der Waals surface area contributed by atoms with Crippen LogP contribution < -0.4 is 0 Å². The molecule has 4 aromatic carbocycles. The normalized spacial score (nSPS) is 28.8. The maximum absolute atomic E-state index is 14.0. The van der Waals surface area contributed by atoms with Crippen LogP contribution in [0.5, 0.6) is 0 Å². The second-order valence-electron chi connectivity index (χ2n) is 14.4. The summed E-state index contributed by atoms with van der Waals surface area (Å²) in [7, 11) is 0. The van der Waals surface area contributed by atoms with E-state index in [-0.39, 0.29) is 29.9 Å². The number of aliphatic hydroxyl groups excluding tert-OH is 1. The van der Waals surface area contributed by atoms with Crippen LogP contribution in [-0.2, 0) is 42.6 Å². The summed E-state index contributed by atoms with van der Waals surface area (Å²) < 4.78 is 57.1. The van der Waals surface area contributed by atoms with Gasteiger partial charge in [0.25, 0.3) is 0 Å². The molecule has 0 spiro atoms. The third-order valence-corrected chi connectivity index (χ3v) is 11.3. The van der Waals surface area contributed by atoms with Gasteiger partial charge in [0.05, 0.1) is 29.9 Å². The van der Waals surface area contributed by atoms with E-state index >= 15 is 0 Å². The van der Waals surface area contributed by atoms with Crippen LogP contribution in [0.15, 0.2) is 121 Å². The molecule has 3 heterocycles. The smallest absolute Gasteiger partial charge is 0.338 e. The number of aliphatic hydroxyl groups is 1. The van der Waals surface area contributed by atoms with Crippen molar-refractivity contribution in [2.75, 3.05) is 25.6 Å². The monoisotopic (exact) mass is 842 g/mol. The lowest BCUT2D eigenvalue weighted by atomic mass is 9.96. The Kier molecular flexibility index (Phi) is 15.4. The van der Waals surface area contributed by atoms with Crippen LogP contribution >= 0.6 is 11.8 Å². The number of hydrogen-bond donors (Lipinski definition) is 1. The quantitative estimate of drug-likeness (QED) is 0.0737. The maximum atomic E-state index is 14.0. The molecule has 0 radical (unpaired) electrons. The van der Waals surface area contributed by atoms with Gasteiger partial charge in [0.15, 0.2) is 30.9 Å². The van der Waals surface area contributed by atoms with Gasteiger partial charge < -0.3 is 47.7 Å². The number of fused-ring (bicyclic) bond motifs is 1. The van der Waals surface area contributed by atoms with E-state index in [0.717, 1.165) is 18.4 Å². The molecule has 0 amide bonds. The largest absolute Gasteiger partial charge is 0.452 e. The molecule has 11 atom stereocenters. The predicted molar refractivity (Wildman–Crippen MR) is 219 cm³/mol. The van der Waals surface area contributed by atoms with Gasteiger partial charge in [-0.15, -0.1) is 11.8 Å². The van der Waals surface area contributed by atoms with Crippen LogP contribution in [0.1, 0.15) is 69.6 Å². The van der Waals surface area contributed by atoms with Crippen LogP contribution in [0, 0.1) is 0 Å². The lowest BCUT2D eigenvalue weighted by molar-refractivity contribution is -0.376. The van der Waals surface area contributed by atoms with Gasteiger partial charge in [-0.1, -0.05) is 105 Å². The van der Waals surface area contributed by atoms with Gasteiger partial charge in [-0.3, -0.25) is 0 Å². The van der Waals surface area contributed by atoms with Crippen LogP contribution in [0.4, 0.5) is 0 Å². The maximum Gasteiger partial charge on any atom is 0.338 e. The zero-order chi connectivity index (χ0) is 41.8. The van der Waals surface area contributed by atoms with Crippen molar-refractivity contribution in [1.29, 1.82) is 0 Å². The van der Waals surface area contributed by atoms with Crippen molar-refractivity contribution in [2.24, 2.45) is 0 Å². The summed E-state index contributed by atoms with van der Waals surface area (Å²) in [4.78, 5) is 41.5.